The Labute approximate surface area is 86.6 Å². The number of nitrogens with zero attached hydrogens (tertiary/aromatic N) is 3. The lowest BCUT2D eigenvalue weighted by atomic mass is 9.96. The number of aryl methyl sites for hydroxylation is 2. The fraction of sp³-hybridized carbons (Fsp3) is 0.273. The minimum absolute atomic E-state index is 0.134. The highest BCUT2D eigenvalue weighted by atomic mass is 19.1. The van der Waals surface area contributed by atoms with Crippen LogP contribution in [0, 0.1) is 12.7 Å². The van der Waals surface area contributed by atoms with Gasteiger partial charge in [0.1, 0.15) is 12.1 Å². The number of benzene rings is 1. The zero-order chi connectivity index (χ0) is 10.4. The molecule has 0 saturated carbocycles. The average Bonchev–Trinajstić information content (AvgIpc) is 2.70. The van der Waals surface area contributed by atoms with Gasteiger partial charge in [-0.15, -0.1) is 0 Å². The molecule has 15 heavy (non-hydrogen) atoms. The van der Waals surface area contributed by atoms with Gasteiger partial charge in [-0.2, -0.15) is 5.10 Å². The SMILES string of the molecule is Cc1ccc(F)c2c1-c1ncnn1CC2. The van der Waals surface area contributed by atoms with E-state index in [1.807, 2.05) is 11.6 Å². The van der Waals surface area contributed by atoms with Gasteiger partial charge in [0.25, 0.3) is 0 Å². The molecule has 4 heteroatoms. The summed E-state index contributed by atoms with van der Waals surface area (Å²) in [6, 6.07) is 3.32. The summed E-state index contributed by atoms with van der Waals surface area (Å²) in [5.74, 6) is 0.651. The lowest BCUT2D eigenvalue weighted by molar-refractivity contribution is 0.560. The Morgan fingerprint density at radius 3 is 3.13 bits per heavy atom. The molecule has 3 nitrogen and oxygen atoms in total. The molecule has 0 aliphatic carbocycles. The number of rotatable bonds is 0. The highest BCUT2D eigenvalue weighted by Gasteiger charge is 2.22. The molecular formula is C11H10FN3. The minimum Gasteiger partial charge on any atom is -0.245 e. The fourth-order valence-corrected chi connectivity index (χ4v) is 2.13. The standard InChI is InChI=1S/C11H10FN3/c1-7-2-3-9(12)8-4-5-15-11(10(7)8)13-6-14-15/h2-3,6H,4-5H2,1H3. The minimum atomic E-state index is -0.134. The molecular weight excluding hydrogens is 193 g/mol. The van der Waals surface area contributed by atoms with Gasteiger partial charge in [0.05, 0.1) is 0 Å². The van der Waals surface area contributed by atoms with Crippen molar-refractivity contribution >= 4 is 0 Å². The molecule has 76 valence electrons. The van der Waals surface area contributed by atoms with E-state index in [4.69, 9.17) is 0 Å². The van der Waals surface area contributed by atoms with Gasteiger partial charge >= 0.3 is 0 Å². The monoisotopic (exact) mass is 203 g/mol. The van der Waals surface area contributed by atoms with Crippen molar-refractivity contribution in [2.45, 2.75) is 19.9 Å². The molecule has 0 amide bonds. The number of aromatic nitrogens is 3. The van der Waals surface area contributed by atoms with Crippen LogP contribution in [-0.4, -0.2) is 14.8 Å². The molecule has 3 rings (SSSR count). The summed E-state index contributed by atoms with van der Waals surface area (Å²) < 4.78 is 15.4. The molecule has 0 fully saturated rings. The van der Waals surface area contributed by atoms with Gasteiger partial charge in [-0.3, -0.25) is 0 Å². The second-order valence-electron chi connectivity index (χ2n) is 3.77. The Balaban J connectivity index is 2.36. The second kappa shape index (κ2) is 2.89. The molecule has 0 radical (unpaired) electrons. The van der Waals surface area contributed by atoms with Crippen molar-refractivity contribution in [1.29, 1.82) is 0 Å². The first-order chi connectivity index (χ1) is 7.27. The zero-order valence-corrected chi connectivity index (χ0v) is 8.37. The van der Waals surface area contributed by atoms with Crippen molar-refractivity contribution in [1.82, 2.24) is 14.8 Å². The van der Waals surface area contributed by atoms with Gasteiger partial charge in [0, 0.05) is 17.7 Å². The van der Waals surface area contributed by atoms with Gasteiger partial charge < -0.3 is 0 Å². The average molecular weight is 203 g/mol. The van der Waals surface area contributed by atoms with E-state index in [2.05, 4.69) is 10.1 Å². The summed E-state index contributed by atoms with van der Waals surface area (Å²) >= 11 is 0. The van der Waals surface area contributed by atoms with Gasteiger partial charge in [0.2, 0.25) is 0 Å². The van der Waals surface area contributed by atoms with Gasteiger partial charge in [-0.05, 0) is 25.0 Å². The maximum absolute atomic E-state index is 13.6. The van der Waals surface area contributed by atoms with Crippen LogP contribution in [0.2, 0.25) is 0 Å². The molecule has 0 bridgehead atoms. The van der Waals surface area contributed by atoms with Crippen LogP contribution in [0.3, 0.4) is 0 Å². The lowest BCUT2D eigenvalue weighted by Gasteiger charge is -2.19. The van der Waals surface area contributed by atoms with Gasteiger partial charge in [-0.1, -0.05) is 6.07 Å². The number of hydrogen-bond donors (Lipinski definition) is 0. The Hall–Kier alpha value is -1.71. The summed E-state index contributed by atoms with van der Waals surface area (Å²) in [6.45, 7) is 2.69. The van der Waals surface area contributed by atoms with Crippen molar-refractivity contribution < 1.29 is 4.39 Å². The molecule has 0 unspecified atom stereocenters. The third kappa shape index (κ3) is 1.11. The Kier molecular flexibility index (Phi) is 1.65. The topological polar surface area (TPSA) is 30.7 Å². The predicted octanol–water partition coefficient (Wildman–Crippen LogP) is 1.95. The predicted molar refractivity (Wildman–Crippen MR) is 53.9 cm³/mol. The fourth-order valence-electron chi connectivity index (χ4n) is 2.13. The van der Waals surface area contributed by atoms with Crippen LogP contribution < -0.4 is 0 Å². The van der Waals surface area contributed by atoms with E-state index >= 15 is 0 Å². The molecule has 1 aromatic carbocycles. The smallest absolute Gasteiger partial charge is 0.158 e. The van der Waals surface area contributed by atoms with Crippen molar-refractivity contribution in [3.8, 4) is 11.4 Å². The highest BCUT2D eigenvalue weighted by molar-refractivity contribution is 5.66. The molecule has 1 aromatic heterocycles. The van der Waals surface area contributed by atoms with E-state index in [-0.39, 0.29) is 5.82 Å². The van der Waals surface area contributed by atoms with Crippen LogP contribution in [0.4, 0.5) is 4.39 Å². The molecule has 1 aliphatic heterocycles. The summed E-state index contributed by atoms with van der Waals surface area (Å²) in [6.07, 6.45) is 2.22. The van der Waals surface area contributed by atoms with Crippen molar-refractivity contribution in [2.75, 3.05) is 0 Å². The first kappa shape index (κ1) is 8.59. The molecule has 1 aliphatic rings. The lowest BCUT2D eigenvalue weighted by Crippen LogP contribution is -2.14. The van der Waals surface area contributed by atoms with Gasteiger partial charge in [0.15, 0.2) is 5.82 Å². The van der Waals surface area contributed by atoms with Crippen LogP contribution >= 0.6 is 0 Å². The summed E-state index contributed by atoms with van der Waals surface area (Å²) in [4.78, 5) is 4.19. The normalized spacial score (nSPS) is 13.5. The summed E-state index contributed by atoms with van der Waals surface area (Å²) in [5, 5.41) is 4.11. The van der Waals surface area contributed by atoms with Crippen molar-refractivity contribution in [3.05, 3.63) is 35.4 Å². The maximum Gasteiger partial charge on any atom is 0.158 e. The van der Waals surface area contributed by atoms with Crippen LogP contribution in [-0.2, 0) is 13.0 Å². The van der Waals surface area contributed by atoms with E-state index in [1.54, 1.807) is 6.07 Å². The molecule has 0 spiro atoms. The third-order valence-electron chi connectivity index (χ3n) is 2.88. The molecule has 2 heterocycles. The second-order valence-corrected chi connectivity index (χ2v) is 3.77. The largest absolute Gasteiger partial charge is 0.245 e. The van der Waals surface area contributed by atoms with E-state index in [9.17, 15) is 4.39 Å². The van der Waals surface area contributed by atoms with Crippen molar-refractivity contribution in [3.63, 3.8) is 0 Å². The zero-order valence-electron chi connectivity index (χ0n) is 8.37. The van der Waals surface area contributed by atoms with Crippen LogP contribution in [0.5, 0.6) is 0 Å². The van der Waals surface area contributed by atoms with Gasteiger partial charge in [-0.25, -0.2) is 14.1 Å². The Morgan fingerprint density at radius 2 is 2.27 bits per heavy atom. The third-order valence-corrected chi connectivity index (χ3v) is 2.88. The number of halogens is 1. The quantitative estimate of drug-likeness (QED) is 0.655. The number of hydrogen-bond acceptors (Lipinski definition) is 2. The van der Waals surface area contributed by atoms with Crippen molar-refractivity contribution in [2.24, 2.45) is 0 Å². The van der Waals surface area contributed by atoms with Crippen LogP contribution in [0.15, 0.2) is 18.5 Å². The Morgan fingerprint density at radius 1 is 1.40 bits per heavy atom. The van der Waals surface area contributed by atoms with E-state index in [1.165, 1.54) is 12.4 Å². The molecule has 0 N–H and O–H groups in total. The highest BCUT2D eigenvalue weighted by Crippen LogP contribution is 2.31. The summed E-state index contributed by atoms with van der Waals surface area (Å²) in [5.41, 5.74) is 2.74. The number of fused-ring (bicyclic) bond motifs is 3. The first-order valence-electron chi connectivity index (χ1n) is 4.93. The molecule has 0 saturated heterocycles. The van der Waals surface area contributed by atoms with E-state index < -0.39 is 0 Å². The maximum atomic E-state index is 13.6. The first-order valence-corrected chi connectivity index (χ1v) is 4.93. The molecule has 2 aromatic rings. The van der Waals surface area contributed by atoms with Crippen LogP contribution in [0.25, 0.3) is 11.4 Å². The summed E-state index contributed by atoms with van der Waals surface area (Å²) in [7, 11) is 0. The van der Waals surface area contributed by atoms with Crippen LogP contribution in [0.1, 0.15) is 11.1 Å². The van der Waals surface area contributed by atoms with E-state index in [0.29, 0.717) is 13.0 Å². The van der Waals surface area contributed by atoms with E-state index in [0.717, 1.165) is 22.5 Å². The Bertz CT molecular complexity index is 531. The molecule has 0 atom stereocenters.